The summed E-state index contributed by atoms with van der Waals surface area (Å²) in [5.41, 5.74) is 7.86. The van der Waals surface area contributed by atoms with Gasteiger partial charge in [0.05, 0.1) is 6.04 Å². The standard InChI is InChI=1S/C17H13F2N/c18-12-7-5-11(6-8-12)17(20)15-9-10-16(19)14-4-2-1-3-13(14)15/h1-10,17H,20H2. The largest absolute Gasteiger partial charge is 0.320 e. The molecule has 100 valence electrons. The van der Waals surface area contributed by atoms with E-state index in [1.807, 2.05) is 12.1 Å². The predicted molar refractivity (Wildman–Crippen MR) is 76.3 cm³/mol. The van der Waals surface area contributed by atoms with Crippen LogP contribution in [-0.4, -0.2) is 0 Å². The maximum atomic E-state index is 13.8. The van der Waals surface area contributed by atoms with Crippen LogP contribution in [-0.2, 0) is 0 Å². The maximum absolute atomic E-state index is 13.8. The topological polar surface area (TPSA) is 26.0 Å². The summed E-state index contributed by atoms with van der Waals surface area (Å²) in [5, 5.41) is 1.33. The Morgan fingerprint density at radius 2 is 1.40 bits per heavy atom. The monoisotopic (exact) mass is 269 g/mol. The third kappa shape index (κ3) is 2.17. The minimum Gasteiger partial charge on any atom is -0.320 e. The Morgan fingerprint density at radius 1 is 0.750 bits per heavy atom. The van der Waals surface area contributed by atoms with Gasteiger partial charge in [-0.05, 0) is 34.7 Å². The normalized spacial score (nSPS) is 12.6. The molecule has 0 aliphatic rings. The van der Waals surface area contributed by atoms with Crippen molar-refractivity contribution in [3.8, 4) is 0 Å². The lowest BCUT2D eigenvalue weighted by atomic mass is 9.94. The number of benzene rings is 3. The van der Waals surface area contributed by atoms with E-state index in [1.54, 1.807) is 30.3 Å². The lowest BCUT2D eigenvalue weighted by Gasteiger charge is -2.15. The van der Waals surface area contributed by atoms with Crippen LogP contribution in [0.5, 0.6) is 0 Å². The van der Waals surface area contributed by atoms with E-state index in [0.29, 0.717) is 5.39 Å². The van der Waals surface area contributed by atoms with Crippen molar-refractivity contribution < 1.29 is 8.78 Å². The van der Waals surface area contributed by atoms with Crippen molar-refractivity contribution in [2.75, 3.05) is 0 Å². The van der Waals surface area contributed by atoms with Crippen molar-refractivity contribution in [3.05, 3.63) is 83.4 Å². The van der Waals surface area contributed by atoms with Gasteiger partial charge in [-0.1, -0.05) is 42.5 Å². The molecule has 0 aliphatic heterocycles. The maximum Gasteiger partial charge on any atom is 0.131 e. The van der Waals surface area contributed by atoms with E-state index in [2.05, 4.69) is 0 Å². The first-order valence-electron chi connectivity index (χ1n) is 6.35. The zero-order valence-corrected chi connectivity index (χ0v) is 10.7. The molecule has 3 aromatic carbocycles. The molecular formula is C17H13F2N. The SMILES string of the molecule is NC(c1ccc(F)cc1)c1ccc(F)c2ccccc12. The predicted octanol–water partition coefficient (Wildman–Crippen LogP) is 4.17. The summed E-state index contributed by atoms with van der Waals surface area (Å²) in [6.07, 6.45) is 0. The average Bonchev–Trinajstić information content (AvgIpc) is 2.48. The second-order valence-corrected chi connectivity index (χ2v) is 4.71. The average molecular weight is 269 g/mol. The molecular weight excluding hydrogens is 256 g/mol. The number of halogens is 2. The van der Waals surface area contributed by atoms with Crippen molar-refractivity contribution in [1.29, 1.82) is 0 Å². The smallest absolute Gasteiger partial charge is 0.131 e. The van der Waals surface area contributed by atoms with Crippen LogP contribution < -0.4 is 5.73 Å². The molecule has 3 heteroatoms. The van der Waals surface area contributed by atoms with E-state index in [0.717, 1.165) is 16.5 Å². The van der Waals surface area contributed by atoms with E-state index in [1.165, 1.54) is 18.2 Å². The van der Waals surface area contributed by atoms with E-state index in [4.69, 9.17) is 5.73 Å². The molecule has 1 atom stereocenters. The van der Waals surface area contributed by atoms with Crippen LogP contribution >= 0.6 is 0 Å². The van der Waals surface area contributed by atoms with E-state index in [9.17, 15) is 8.78 Å². The third-order valence-corrected chi connectivity index (χ3v) is 3.47. The van der Waals surface area contributed by atoms with Gasteiger partial charge in [-0.25, -0.2) is 8.78 Å². The Balaban J connectivity index is 2.14. The molecule has 3 rings (SSSR count). The van der Waals surface area contributed by atoms with Crippen LogP contribution in [0.15, 0.2) is 60.7 Å². The van der Waals surface area contributed by atoms with Crippen LogP contribution in [0.4, 0.5) is 8.78 Å². The van der Waals surface area contributed by atoms with Crippen LogP contribution in [0.3, 0.4) is 0 Å². The van der Waals surface area contributed by atoms with E-state index >= 15 is 0 Å². The summed E-state index contributed by atoms with van der Waals surface area (Å²) in [4.78, 5) is 0. The first-order chi connectivity index (χ1) is 9.66. The van der Waals surface area contributed by atoms with Crippen LogP contribution in [0.2, 0.25) is 0 Å². The number of hydrogen-bond donors (Lipinski definition) is 1. The fraction of sp³-hybridized carbons (Fsp3) is 0.0588. The Hall–Kier alpha value is -2.26. The quantitative estimate of drug-likeness (QED) is 0.742. The van der Waals surface area contributed by atoms with Gasteiger partial charge in [0.25, 0.3) is 0 Å². The second-order valence-electron chi connectivity index (χ2n) is 4.71. The van der Waals surface area contributed by atoms with Gasteiger partial charge >= 0.3 is 0 Å². The molecule has 0 saturated carbocycles. The highest BCUT2D eigenvalue weighted by molar-refractivity contribution is 5.87. The Kier molecular flexibility index (Phi) is 3.20. The zero-order chi connectivity index (χ0) is 14.1. The number of rotatable bonds is 2. The second kappa shape index (κ2) is 5.02. The van der Waals surface area contributed by atoms with Gasteiger partial charge in [0.2, 0.25) is 0 Å². The first kappa shape index (κ1) is 12.8. The van der Waals surface area contributed by atoms with Crippen molar-refractivity contribution in [2.45, 2.75) is 6.04 Å². The van der Waals surface area contributed by atoms with Gasteiger partial charge in [0, 0.05) is 5.39 Å². The number of hydrogen-bond acceptors (Lipinski definition) is 1. The Bertz CT molecular complexity index is 751. The van der Waals surface area contributed by atoms with Crippen molar-refractivity contribution in [2.24, 2.45) is 5.73 Å². The molecule has 0 aliphatic carbocycles. The summed E-state index contributed by atoms with van der Waals surface area (Å²) in [5.74, 6) is -0.569. The number of nitrogens with two attached hydrogens (primary N) is 1. The highest BCUT2D eigenvalue weighted by Crippen LogP contribution is 2.29. The molecule has 0 fully saturated rings. The summed E-state index contributed by atoms with van der Waals surface area (Å²) in [6, 6.07) is 16.0. The summed E-state index contributed by atoms with van der Waals surface area (Å²) < 4.78 is 26.8. The van der Waals surface area contributed by atoms with E-state index in [-0.39, 0.29) is 11.6 Å². The Labute approximate surface area is 115 Å². The molecule has 20 heavy (non-hydrogen) atoms. The molecule has 0 heterocycles. The highest BCUT2D eigenvalue weighted by atomic mass is 19.1. The molecule has 1 unspecified atom stereocenters. The van der Waals surface area contributed by atoms with Crippen LogP contribution in [0.25, 0.3) is 10.8 Å². The van der Waals surface area contributed by atoms with Gasteiger partial charge in [0.1, 0.15) is 11.6 Å². The Morgan fingerprint density at radius 3 is 2.10 bits per heavy atom. The lowest BCUT2D eigenvalue weighted by molar-refractivity contribution is 0.626. The fourth-order valence-corrected chi connectivity index (χ4v) is 2.41. The summed E-state index contributed by atoms with van der Waals surface area (Å²) in [7, 11) is 0. The third-order valence-electron chi connectivity index (χ3n) is 3.47. The van der Waals surface area contributed by atoms with Crippen LogP contribution in [0.1, 0.15) is 17.2 Å². The molecule has 0 spiro atoms. The van der Waals surface area contributed by atoms with Crippen molar-refractivity contribution in [1.82, 2.24) is 0 Å². The van der Waals surface area contributed by atoms with Gasteiger partial charge in [-0.2, -0.15) is 0 Å². The highest BCUT2D eigenvalue weighted by Gasteiger charge is 2.13. The molecule has 2 N–H and O–H groups in total. The van der Waals surface area contributed by atoms with Gasteiger partial charge < -0.3 is 5.73 Å². The zero-order valence-electron chi connectivity index (χ0n) is 10.7. The molecule has 0 saturated heterocycles. The first-order valence-corrected chi connectivity index (χ1v) is 6.35. The minimum atomic E-state index is -0.416. The van der Waals surface area contributed by atoms with E-state index < -0.39 is 6.04 Å². The lowest BCUT2D eigenvalue weighted by Crippen LogP contribution is -2.12. The fourth-order valence-electron chi connectivity index (χ4n) is 2.41. The van der Waals surface area contributed by atoms with Crippen LogP contribution in [0, 0.1) is 11.6 Å². The molecule has 1 nitrogen and oxygen atoms in total. The van der Waals surface area contributed by atoms with Gasteiger partial charge in [-0.3, -0.25) is 0 Å². The van der Waals surface area contributed by atoms with Gasteiger partial charge in [0.15, 0.2) is 0 Å². The molecule has 3 aromatic rings. The minimum absolute atomic E-state index is 0.268. The van der Waals surface area contributed by atoms with Crippen molar-refractivity contribution in [3.63, 3.8) is 0 Å². The van der Waals surface area contributed by atoms with Crippen molar-refractivity contribution >= 4 is 10.8 Å². The molecule has 0 radical (unpaired) electrons. The van der Waals surface area contributed by atoms with Gasteiger partial charge in [-0.15, -0.1) is 0 Å². The molecule has 0 amide bonds. The molecule has 0 bridgehead atoms. The molecule has 0 aromatic heterocycles. The number of fused-ring (bicyclic) bond motifs is 1. The summed E-state index contributed by atoms with van der Waals surface area (Å²) >= 11 is 0. The summed E-state index contributed by atoms with van der Waals surface area (Å²) in [6.45, 7) is 0.